The average molecular weight is 379 g/mol. The number of aliphatic hydroxyl groups is 1. The first-order valence-corrected chi connectivity index (χ1v) is 7.85. The van der Waals surface area contributed by atoms with E-state index in [4.69, 9.17) is 0 Å². The van der Waals surface area contributed by atoms with Gasteiger partial charge < -0.3 is 19.5 Å². The van der Waals surface area contributed by atoms with E-state index in [2.05, 4.69) is 4.74 Å². The number of hydrogen-bond acceptors (Lipinski definition) is 5. The van der Waals surface area contributed by atoms with Crippen LogP contribution < -0.4 is 4.90 Å². The molecule has 0 radical (unpaired) electrons. The van der Waals surface area contributed by atoms with Crippen molar-refractivity contribution in [1.29, 1.82) is 0 Å². The molecule has 0 fully saturated rings. The van der Waals surface area contributed by atoms with Crippen molar-refractivity contribution in [3.8, 4) is 0 Å². The Morgan fingerprint density at radius 3 is 2.27 bits per heavy atom. The minimum atomic E-state index is -5.06. The number of aliphatic hydroxyl groups excluding tert-OH is 1. The number of ether oxygens (including phenoxy) is 1. The van der Waals surface area contributed by atoms with E-state index in [-0.39, 0.29) is 36.1 Å². The molecule has 0 aliphatic rings. The smallest absolute Gasteiger partial charge is 0.433 e. The highest BCUT2D eigenvalue weighted by atomic mass is 19.4. The molecule has 0 aromatic heterocycles. The lowest BCUT2D eigenvalue weighted by molar-refractivity contribution is -0.206. The fraction of sp³-hybridized carbons (Fsp3) is 0.529. The average Bonchev–Trinajstić information content (AvgIpc) is 2.56. The zero-order valence-electron chi connectivity index (χ0n) is 14.6. The predicted molar refractivity (Wildman–Crippen MR) is 86.1 cm³/mol. The summed E-state index contributed by atoms with van der Waals surface area (Å²) < 4.78 is 58.0. The van der Waals surface area contributed by atoms with E-state index in [1.807, 2.05) is 0 Å². The minimum absolute atomic E-state index is 0.0327. The Morgan fingerprint density at radius 1 is 1.31 bits per heavy atom. The van der Waals surface area contributed by atoms with Gasteiger partial charge in [-0.2, -0.15) is 13.2 Å². The van der Waals surface area contributed by atoms with E-state index >= 15 is 0 Å². The number of aldehydes is 1. The Hall–Kier alpha value is -2.16. The van der Waals surface area contributed by atoms with Crippen molar-refractivity contribution < 1.29 is 37.0 Å². The van der Waals surface area contributed by atoms with E-state index in [0.717, 1.165) is 19.2 Å². The number of alkyl halides is 3. The molecule has 26 heavy (non-hydrogen) atoms. The number of hydrogen-bond donors (Lipinski definition) is 1. The standard InChI is InChI=1S/C17H21F4NO4/c1-10-8-12(9-11(2)14(10)18)22(16(25)17(19,20)21)13(15(24)26-3)6-4-5-7-23/h7-9,13,16,25H,4-6H2,1-3H3/t13-,16?/m1/s1. The first-order valence-electron chi connectivity index (χ1n) is 7.85. The van der Waals surface area contributed by atoms with Crippen LogP contribution >= 0.6 is 0 Å². The molecule has 9 heteroatoms. The lowest BCUT2D eigenvalue weighted by Crippen LogP contribution is -2.54. The number of rotatable bonds is 8. The van der Waals surface area contributed by atoms with Crippen molar-refractivity contribution in [3.63, 3.8) is 0 Å². The number of carbonyl (C=O) groups excluding carboxylic acids is 2. The Morgan fingerprint density at radius 2 is 1.85 bits per heavy atom. The predicted octanol–water partition coefficient (Wildman–Crippen LogP) is 3.04. The van der Waals surface area contributed by atoms with Crippen LogP contribution in [0, 0.1) is 19.7 Å². The lowest BCUT2D eigenvalue weighted by atomic mass is 10.0. The molecule has 1 N–H and O–H groups in total. The Balaban J connectivity index is 3.46. The van der Waals surface area contributed by atoms with Crippen molar-refractivity contribution >= 4 is 17.9 Å². The van der Waals surface area contributed by atoms with Crippen molar-refractivity contribution in [2.75, 3.05) is 12.0 Å². The van der Waals surface area contributed by atoms with Crippen LogP contribution in [0.4, 0.5) is 23.2 Å². The number of benzene rings is 1. The molecule has 0 heterocycles. The molecule has 0 aliphatic heterocycles. The van der Waals surface area contributed by atoms with Crippen molar-refractivity contribution in [3.05, 3.63) is 29.1 Å². The van der Waals surface area contributed by atoms with Gasteiger partial charge in [0, 0.05) is 12.1 Å². The van der Waals surface area contributed by atoms with Crippen LogP contribution in [-0.2, 0) is 14.3 Å². The summed E-state index contributed by atoms with van der Waals surface area (Å²) >= 11 is 0. The van der Waals surface area contributed by atoms with Gasteiger partial charge in [-0.3, -0.25) is 0 Å². The maximum Gasteiger partial charge on any atom is 0.433 e. The van der Waals surface area contributed by atoms with E-state index in [1.54, 1.807) is 0 Å². The summed E-state index contributed by atoms with van der Waals surface area (Å²) in [7, 11) is 1.01. The topological polar surface area (TPSA) is 66.8 Å². The summed E-state index contributed by atoms with van der Waals surface area (Å²) in [5.74, 6) is -1.59. The van der Waals surface area contributed by atoms with Gasteiger partial charge in [0.1, 0.15) is 18.1 Å². The number of halogens is 4. The highest BCUT2D eigenvalue weighted by Gasteiger charge is 2.47. The summed E-state index contributed by atoms with van der Waals surface area (Å²) in [4.78, 5) is 23.0. The molecule has 0 bridgehead atoms. The number of anilines is 1. The van der Waals surface area contributed by atoms with Crippen LogP contribution in [0.1, 0.15) is 30.4 Å². The van der Waals surface area contributed by atoms with E-state index in [9.17, 15) is 32.3 Å². The molecular weight excluding hydrogens is 358 g/mol. The van der Waals surface area contributed by atoms with Gasteiger partial charge in [0.15, 0.2) is 0 Å². The zero-order chi connectivity index (χ0) is 20.1. The molecule has 0 aliphatic carbocycles. The second-order valence-electron chi connectivity index (χ2n) is 5.85. The minimum Gasteiger partial charge on any atom is -0.467 e. The van der Waals surface area contributed by atoms with Crippen LogP contribution in [0.5, 0.6) is 0 Å². The van der Waals surface area contributed by atoms with Gasteiger partial charge in [-0.05, 0) is 49.9 Å². The summed E-state index contributed by atoms with van der Waals surface area (Å²) in [5.41, 5.74) is -0.0421. The Bertz CT molecular complexity index is 625. The third kappa shape index (κ3) is 5.17. The normalized spacial score (nSPS) is 13.8. The summed E-state index contributed by atoms with van der Waals surface area (Å²) in [6.07, 6.45) is -7.51. The molecule has 146 valence electrons. The van der Waals surface area contributed by atoms with E-state index in [0.29, 0.717) is 11.2 Å². The maximum atomic E-state index is 13.8. The number of aryl methyl sites for hydroxylation is 2. The van der Waals surface area contributed by atoms with Crippen LogP contribution in [0.25, 0.3) is 0 Å². The summed E-state index contributed by atoms with van der Waals surface area (Å²) in [6, 6.07) is 0.737. The van der Waals surface area contributed by atoms with Crippen LogP contribution in [0.3, 0.4) is 0 Å². The second-order valence-corrected chi connectivity index (χ2v) is 5.85. The van der Waals surface area contributed by atoms with Gasteiger partial charge in [0.25, 0.3) is 0 Å². The molecule has 0 saturated carbocycles. The van der Waals surface area contributed by atoms with E-state index < -0.39 is 30.2 Å². The third-order valence-corrected chi connectivity index (χ3v) is 3.88. The number of unbranched alkanes of at least 4 members (excludes halogenated alkanes) is 1. The molecule has 1 rings (SSSR count). The Kier molecular flexibility index (Phi) is 7.55. The largest absolute Gasteiger partial charge is 0.467 e. The third-order valence-electron chi connectivity index (χ3n) is 3.88. The molecule has 1 unspecified atom stereocenters. The van der Waals surface area contributed by atoms with Crippen LogP contribution in [0.15, 0.2) is 12.1 Å². The zero-order valence-corrected chi connectivity index (χ0v) is 14.6. The van der Waals surface area contributed by atoms with Gasteiger partial charge in [-0.15, -0.1) is 0 Å². The van der Waals surface area contributed by atoms with Crippen molar-refractivity contribution in [2.24, 2.45) is 0 Å². The lowest BCUT2D eigenvalue weighted by Gasteiger charge is -2.36. The highest BCUT2D eigenvalue weighted by Crippen LogP contribution is 2.33. The number of carbonyl (C=O) groups is 2. The number of nitrogens with zero attached hydrogens (tertiary/aromatic N) is 1. The molecule has 5 nitrogen and oxygen atoms in total. The van der Waals surface area contributed by atoms with Crippen molar-refractivity contribution in [1.82, 2.24) is 0 Å². The molecule has 0 saturated heterocycles. The van der Waals surface area contributed by atoms with Gasteiger partial charge in [-0.1, -0.05) is 0 Å². The fourth-order valence-corrected chi connectivity index (χ4v) is 2.62. The first kappa shape index (κ1) is 21.9. The first-order chi connectivity index (χ1) is 12.0. The molecule has 0 spiro atoms. The van der Waals surface area contributed by atoms with Gasteiger partial charge in [0.05, 0.1) is 7.11 Å². The summed E-state index contributed by atoms with van der Waals surface area (Å²) in [5, 5.41) is 9.85. The maximum absolute atomic E-state index is 13.8. The number of methoxy groups -OCH3 is 1. The van der Waals surface area contributed by atoms with Crippen LogP contribution in [-0.4, -0.2) is 42.9 Å². The van der Waals surface area contributed by atoms with Gasteiger partial charge in [0.2, 0.25) is 6.23 Å². The SMILES string of the molecule is COC(=O)[C@@H](CCCC=O)N(c1cc(C)c(F)c(C)c1)C(O)C(F)(F)F. The summed E-state index contributed by atoms with van der Waals surface area (Å²) in [6.45, 7) is 2.73. The second kappa shape index (κ2) is 8.98. The molecule has 0 amide bonds. The monoisotopic (exact) mass is 379 g/mol. The molecule has 1 aromatic rings. The molecule has 1 aromatic carbocycles. The van der Waals surface area contributed by atoms with Gasteiger partial charge in [-0.25, -0.2) is 9.18 Å². The number of esters is 1. The quantitative estimate of drug-likeness (QED) is 0.247. The molecule has 2 atom stereocenters. The Labute approximate surface area is 148 Å². The highest BCUT2D eigenvalue weighted by molar-refractivity contribution is 5.80. The van der Waals surface area contributed by atoms with Gasteiger partial charge >= 0.3 is 12.1 Å². The fourth-order valence-electron chi connectivity index (χ4n) is 2.62. The molecular formula is C17H21F4NO4. The van der Waals surface area contributed by atoms with E-state index in [1.165, 1.54) is 13.8 Å². The van der Waals surface area contributed by atoms with Crippen LogP contribution in [0.2, 0.25) is 0 Å². The van der Waals surface area contributed by atoms with Crippen molar-refractivity contribution in [2.45, 2.75) is 51.6 Å².